The third kappa shape index (κ3) is 5.02. The predicted molar refractivity (Wildman–Crippen MR) is 87.5 cm³/mol. The summed E-state index contributed by atoms with van der Waals surface area (Å²) in [7, 11) is 0. The largest absolute Gasteiger partial charge is 0.339 e. The number of hydrogen-bond acceptors (Lipinski definition) is 2. The second-order valence-electron chi connectivity index (χ2n) is 5.32. The first-order valence-electron chi connectivity index (χ1n) is 7.70. The lowest BCUT2D eigenvalue weighted by Crippen LogP contribution is -2.30. The molecule has 2 aromatic rings. The van der Waals surface area contributed by atoms with Crippen LogP contribution in [0.15, 0.2) is 54.6 Å². The van der Waals surface area contributed by atoms with E-state index < -0.39 is 0 Å². The van der Waals surface area contributed by atoms with Crippen LogP contribution in [0.1, 0.15) is 35.7 Å². The van der Waals surface area contributed by atoms with Gasteiger partial charge in [0.25, 0.3) is 0 Å². The molecule has 0 fully saturated rings. The van der Waals surface area contributed by atoms with Gasteiger partial charge in [-0.3, -0.25) is 9.59 Å². The van der Waals surface area contributed by atoms with Crippen molar-refractivity contribution < 1.29 is 14.0 Å². The molecule has 0 unspecified atom stereocenters. The van der Waals surface area contributed by atoms with E-state index in [0.29, 0.717) is 18.7 Å². The minimum absolute atomic E-state index is 0.0492. The van der Waals surface area contributed by atoms with Gasteiger partial charge in [0, 0.05) is 31.5 Å². The summed E-state index contributed by atoms with van der Waals surface area (Å²) in [6.07, 6.45) is 0.298. The summed E-state index contributed by atoms with van der Waals surface area (Å²) in [5.41, 5.74) is 1.50. The van der Waals surface area contributed by atoms with Crippen LogP contribution in [0, 0.1) is 5.82 Å². The zero-order chi connectivity index (χ0) is 16.7. The lowest BCUT2D eigenvalue weighted by molar-refractivity contribution is -0.131. The number of halogens is 1. The Bertz CT molecular complexity index is 653. The van der Waals surface area contributed by atoms with Gasteiger partial charge < -0.3 is 4.90 Å². The van der Waals surface area contributed by atoms with Crippen LogP contribution in [0.4, 0.5) is 4.39 Å². The number of ketones is 1. The molecule has 0 aromatic heterocycles. The molecule has 0 saturated heterocycles. The number of hydrogen-bond donors (Lipinski definition) is 0. The molecule has 0 heterocycles. The molecule has 3 nitrogen and oxygen atoms in total. The number of Topliss-reactive ketones (excluding diaryl/α,β-unsaturated/α-hetero) is 1. The van der Waals surface area contributed by atoms with E-state index in [0.717, 1.165) is 5.56 Å². The number of rotatable bonds is 7. The van der Waals surface area contributed by atoms with Crippen LogP contribution in [0.25, 0.3) is 0 Å². The number of benzene rings is 2. The van der Waals surface area contributed by atoms with Crippen molar-refractivity contribution in [1.29, 1.82) is 0 Å². The van der Waals surface area contributed by atoms with E-state index in [4.69, 9.17) is 0 Å². The van der Waals surface area contributed by atoms with Crippen molar-refractivity contribution in [3.8, 4) is 0 Å². The van der Waals surface area contributed by atoms with E-state index in [2.05, 4.69) is 0 Å². The smallest absolute Gasteiger partial charge is 0.223 e. The summed E-state index contributed by atoms with van der Waals surface area (Å²) < 4.78 is 12.9. The lowest BCUT2D eigenvalue weighted by Gasteiger charge is -2.21. The number of nitrogens with zero attached hydrogens (tertiary/aromatic N) is 1. The monoisotopic (exact) mass is 313 g/mol. The molecular weight excluding hydrogens is 293 g/mol. The average molecular weight is 313 g/mol. The van der Waals surface area contributed by atoms with Crippen molar-refractivity contribution in [2.24, 2.45) is 0 Å². The molecule has 0 bridgehead atoms. The minimum Gasteiger partial charge on any atom is -0.339 e. The summed E-state index contributed by atoms with van der Waals surface area (Å²) in [5.74, 6) is -0.571. The van der Waals surface area contributed by atoms with Crippen LogP contribution in [0.2, 0.25) is 0 Å². The zero-order valence-electron chi connectivity index (χ0n) is 13.2. The fourth-order valence-corrected chi connectivity index (χ4v) is 2.34. The minimum atomic E-state index is -0.377. The molecule has 4 heteroatoms. The molecule has 120 valence electrons. The van der Waals surface area contributed by atoms with Crippen molar-refractivity contribution in [2.45, 2.75) is 26.3 Å². The molecule has 0 spiro atoms. The summed E-state index contributed by atoms with van der Waals surface area (Å²) in [6.45, 7) is 3.06. The Kier molecular flexibility index (Phi) is 6.03. The fourth-order valence-electron chi connectivity index (χ4n) is 2.34. The van der Waals surface area contributed by atoms with Crippen molar-refractivity contribution in [3.05, 3.63) is 71.5 Å². The summed E-state index contributed by atoms with van der Waals surface area (Å²) >= 11 is 0. The highest BCUT2D eigenvalue weighted by Crippen LogP contribution is 2.10. The quantitative estimate of drug-likeness (QED) is 0.728. The molecular formula is C19H20FNO2. The first-order valence-corrected chi connectivity index (χ1v) is 7.70. The third-order valence-corrected chi connectivity index (χ3v) is 3.68. The van der Waals surface area contributed by atoms with Gasteiger partial charge in [0.2, 0.25) is 5.91 Å². The normalized spacial score (nSPS) is 10.3. The number of carbonyl (C=O) groups excluding carboxylic acids is 2. The van der Waals surface area contributed by atoms with Gasteiger partial charge in [0.15, 0.2) is 5.78 Å². The maximum atomic E-state index is 12.9. The van der Waals surface area contributed by atoms with E-state index in [1.165, 1.54) is 24.3 Å². The second-order valence-corrected chi connectivity index (χ2v) is 5.32. The highest BCUT2D eigenvalue weighted by molar-refractivity contribution is 5.97. The molecule has 1 amide bonds. The molecule has 2 aromatic carbocycles. The molecule has 23 heavy (non-hydrogen) atoms. The van der Waals surface area contributed by atoms with Crippen LogP contribution in [0.5, 0.6) is 0 Å². The van der Waals surface area contributed by atoms with E-state index in [9.17, 15) is 14.0 Å². The summed E-state index contributed by atoms with van der Waals surface area (Å²) in [5, 5.41) is 0. The second kappa shape index (κ2) is 8.22. The fraction of sp³-hybridized carbons (Fsp3) is 0.263. The molecule has 2 rings (SSSR count). The predicted octanol–water partition coefficient (Wildman–Crippen LogP) is 3.84. The molecule has 0 aliphatic carbocycles. The number of amides is 1. The van der Waals surface area contributed by atoms with E-state index >= 15 is 0 Å². The Morgan fingerprint density at radius 3 is 2.22 bits per heavy atom. The van der Waals surface area contributed by atoms with Gasteiger partial charge in [-0.15, -0.1) is 0 Å². The Labute approximate surface area is 135 Å². The van der Waals surface area contributed by atoms with Gasteiger partial charge in [-0.1, -0.05) is 30.3 Å². The van der Waals surface area contributed by atoms with E-state index in [1.54, 1.807) is 4.90 Å². The van der Waals surface area contributed by atoms with Gasteiger partial charge in [0.1, 0.15) is 5.82 Å². The van der Waals surface area contributed by atoms with Gasteiger partial charge >= 0.3 is 0 Å². The first-order chi connectivity index (χ1) is 11.1. The third-order valence-electron chi connectivity index (χ3n) is 3.68. The van der Waals surface area contributed by atoms with Crippen LogP contribution in [-0.2, 0) is 11.3 Å². The van der Waals surface area contributed by atoms with Crippen molar-refractivity contribution >= 4 is 11.7 Å². The molecule has 0 radical (unpaired) electrons. The van der Waals surface area contributed by atoms with Gasteiger partial charge in [-0.2, -0.15) is 0 Å². The standard InChI is InChI=1S/C19H20FNO2/c1-2-21(14-15-6-4-3-5-7-15)19(23)13-12-18(22)16-8-10-17(20)11-9-16/h3-11H,2,12-14H2,1H3. The Morgan fingerprint density at radius 2 is 1.61 bits per heavy atom. The van der Waals surface area contributed by atoms with Gasteiger partial charge in [-0.05, 0) is 36.8 Å². The summed E-state index contributed by atoms with van der Waals surface area (Å²) in [6, 6.07) is 15.2. The molecule has 0 N–H and O–H groups in total. The average Bonchev–Trinajstić information content (AvgIpc) is 2.58. The van der Waals surface area contributed by atoms with Crippen LogP contribution >= 0.6 is 0 Å². The zero-order valence-corrected chi connectivity index (χ0v) is 13.2. The topological polar surface area (TPSA) is 37.4 Å². The van der Waals surface area contributed by atoms with Gasteiger partial charge in [0.05, 0.1) is 0 Å². The van der Waals surface area contributed by atoms with E-state index in [1.807, 2.05) is 37.3 Å². The maximum Gasteiger partial charge on any atom is 0.223 e. The lowest BCUT2D eigenvalue weighted by atomic mass is 10.1. The molecule has 0 aliphatic heterocycles. The van der Waals surface area contributed by atoms with Crippen molar-refractivity contribution in [2.75, 3.05) is 6.54 Å². The van der Waals surface area contributed by atoms with Crippen LogP contribution in [-0.4, -0.2) is 23.1 Å². The van der Waals surface area contributed by atoms with Crippen LogP contribution < -0.4 is 0 Å². The SMILES string of the molecule is CCN(Cc1ccccc1)C(=O)CCC(=O)c1ccc(F)cc1. The van der Waals surface area contributed by atoms with Crippen molar-refractivity contribution in [3.63, 3.8) is 0 Å². The first kappa shape index (κ1) is 16.9. The van der Waals surface area contributed by atoms with Gasteiger partial charge in [-0.25, -0.2) is 4.39 Å². The Balaban J connectivity index is 1.89. The van der Waals surface area contributed by atoms with Crippen molar-refractivity contribution in [1.82, 2.24) is 4.90 Å². The molecule has 0 aliphatic rings. The highest BCUT2D eigenvalue weighted by Gasteiger charge is 2.15. The van der Waals surface area contributed by atoms with E-state index in [-0.39, 0.29) is 30.3 Å². The Hall–Kier alpha value is -2.49. The summed E-state index contributed by atoms with van der Waals surface area (Å²) in [4.78, 5) is 26.0. The molecule has 0 atom stereocenters. The Morgan fingerprint density at radius 1 is 0.957 bits per heavy atom. The number of carbonyl (C=O) groups is 2. The van der Waals surface area contributed by atoms with Crippen LogP contribution in [0.3, 0.4) is 0 Å². The molecule has 0 saturated carbocycles. The maximum absolute atomic E-state index is 12.9. The highest BCUT2D eigenvalue weighted by atomic mass is 19.1.